The van der Waals surface area contributed by atoms with E-state index in [4.69, 9.17) is 10.5 Å². The second-order valence-corrected chi connectivity index (χ2v) is 5.73. The van der Waals surface area contributed by atoms with E-state index in [0.29, 0.717) is 22.7 Å². The molecule has 0 spiro atoms. The maximum Gasteiger partial charge on any atom is 0.416 e. The van der Waals surface area contributed by atoms with Crippen molar-refractivity contribution in [2.24, 2.45) is 0 Å². The lowest BCUT2D eigenvalue weighted by atomic mass is 9.95. The number of ether oxygens (including phenoxy) is 1. The Hall–Kier alpha value is -2.41. The molecule has 0 bridgehead atoms. The monoisotopic (exact) mass is 388 g/mol. The van der Waals surface area contributed by atoms with Crippen LogP contribution in [-0.2, 0) is 11.0 Å². The van der Waals surface area contributed by atoms with Gasteiger partial charge in [-0.25, -0.2) is 0 Å². The molecule has 2 aromatic carbocycles. The van der Waals surface area contributed by atoms with Crippen molar-refractivity contribution in [1.82, 2.24) is 0 Å². The number of amides is 1. The van der Waals surface area contributed by atoms with Gasteiger partial charge < -0.3 is 15.8 Å². The number of hydrogen-bond acceptors (Lipinski definition) is 3. The normalized spacial score (nSPS) is 12.0. The van der Waals surface area contributed by atoms with Crippen LogP contribution in [0.5, 0.6) is 5.75 Å². The second-order valence-electron chi connectivity index (χ2n) is 5.73. The minimum absolute atomic E-state index is 0. The Bertz CT molecular complexity index is 766. The highest BCUT2D eigenvalue weighted by Gasteiger charge is 2.30. The minimum atomic E-state index is -4.41. The van der Waals surface area contributed by atoms with Crippen LogP contribution in [0.1, 0.15) is 30.4 Å². The van der Waals surface area contributed by atoms with Crippen LogP contribution in [0, 0.1) is 0 Å². The van der Waals surface area contributed by atoms with E-state index in [1.165, 1.54) is 13.2 Å². The van der Waals surface area contributed by atoms with Crippen LogP contribution >= 0.6 is 12.4 Å². The number of alkyl halides is 3. The molecule has 0 saturated carbocycles. The van der Waals surface area contributed by atoms with Crippen molar-refractivity contribution in [2.75, 3.05) is 18.2 Å². The molecule has 4 nitrogen and oxygen atoms in total. The first kappa shape index (κ1) is 21.6. The van der Waals surface area contributed by atoms with E-state index >= 15 is 0 Å². The molecule has 0 saturated heterocycles. The Labute approximate surface area is 155 Å². The SMILES string of the molecule is COc1ccc(N)c(NC(=O)CC(C)c2cccc(C(F)(F)F)c2)c1.Cl. The van der Waals surface area contributed by atoms with Crippen molar-refractivity contribution in [3.63, 3.8) is 0 Å². The third-order valence-corrected chi connectivity index (χ3v) is 3.81. The molecular weight excluding hydrogens is 369 g/mol. The van der Waals surface area contributed by atoms with Gasteiger partial charge in [-0.05, 0) is 29.7 Å². The van der Waals surface area contributed by atoms with Gasteiger partial charge in [0.2, 0.25) is 5.91 Å². The molecule has 0 heterocycles. The van der Waals surface area contributed by atoms with Crippen molar-refractivity contribution in [1.29, 1.82) is 0 Å². The van der Waals surface area contributed by atoms with Gasteiger partial charge in [0.1, 0.15) is 5.75 Å². The standard InChI is InChI=1S/C18H19F3N2O2.ClH/c1-11(12-4-3-5-13(9-12)18(19,20)21)8-17(24)23-16-10-14(25-2)6-7-15(16)22;/h3-7,9-11H,8,22H2,1-2H3,(H,23,24);1H. The molecule has 3 N–H and O–H groups in total. The molecule has 0 aliphatic heterocycles. The van der Waals surface area contributed by atoms with Gasteiger partial charge in [0.25, 0.3) is 0 Å². The number of rotatable bonds is 5. The lowest BCUT2D eigenvalue weighted by Crippen LogP contribution is -2.16. The Morgan fingerprint density at radius 1 is 1.23 bits per heavy atom. The first-order valence-corrected chi connectivity index (χ1v) is 7.61. The zero-order valence-corrected chi connectivity index (χ0v) is 15.1. The van der Waals surface area contributed by atoms with Gasteiger partial charge >= 0.3 is 6.18 Å². The molecule has 1 atom stereocenters. The molecule has 142 valence electrons. The highest BCUT2D eigenvalue weighted by molar-refractivity contribution is 5.94. The zero-order valence-electron chi connectivity index (χ0n) is 14.3. The van der Waals surface area contributed by atoms with E-state index in [1.54, 1.807) is 31.2 Å². The second kappa shape index (κ2) is 8.80. The van der Waals surface area contributed by atoms with Gasteiger partial charge in [0.15, 0.2) is 0 Å². The smallest absolute Gasteiger partial charge is 0.416 e. The average Bonchev–Trinajstić information content (AvgIpc) is 2.56. The molecule has 0 aliphatic rings. The van der Waals surface area contributed by atoms with Crippen LogP contribution in [0.2, 0.25) is 0 Å². The van der Waals surface area contributed by atoms with Crippen LogP contribution in [-0.4, -0.2) is 13.0 Å². The quantitative estimate of drug-likeness (QED) is 0.719. The maximum absolute atomic E-state index is 12.8. The number of carbonyl (C=O) groups excluding carboxylic acids is 1. The summed E-state index contributed by atoms with van der Waals surface area (Å²) < 4.78 is 43.4. The first-order valence-electron chi connectivity index (χ1n) is 7.61. The lowest BCUT2D eigenvalue weighted by molar-refractivity contribution is -0.137. The number of nitrogens with two attached hydrogens (primary N) is 1. The van der Waals surface area contributed by atoms with E-state index in [9.17, 15) is 18.0 Å². The highest BCUT2D eigenvalue weighted by Crippen LogP contribution is 2.32. The summed E-state index contributed by atoms with van der Waals surface area (Å²) in [5, 5.41) is 2.66. The molecule has 2 aromatic rings. The molecule has 1 unspecified atom stereocenters. The number of halogens is 4. The summed E-state index contributed by atoms with van der Waals surface area (Å²) in [7, 11) is 1.49. The summed E-state index contributed by atoms with van der Waals surface area (Å²) in [6.07, 6.45) is -4.38. The zero-order chi connectivity index (χ0) is 18.6. The Morgan fingerprint density at radius 3 is 2.54 bits per heavy atom. The molecule has 0 fully saturated rings. The number of benzene rings is 2. The van der Waals surface area contributed by atoms with Gasteiger partial charge in [0.05, 0.1) is 24.0 Å². The molecule has 2 rings (SSSR count). The summed E-state index contributed by atoms with van der Waals surface area (Å²) in [5.74, 6) is -0.186. The van der Waals surface area contributed by atoms with E-state index in [0.717, 1.165) is 12.1 Å². The number of nitrogen functional groups attached to an aromatic ring is 1. The van der Waals surface area contributed by atoms with Crippen molar-refractivity contribution in [3.05, 3.63) is 53.6 Å². The third-order valence-electron chi connectivity index (χ3n) is 3.81. The Balaban J connectivity index is 0.00000338. The van der Waals surface area contributed by atoms with Gasteiger partial charge in [-0.3, -0.25) is 4.79 Å². The summed E-state index contributed by atoms with van der Waals surface area (Å²) in [6, 6.07) is 9.84. The van der Waals surface area contributed by atoms with Crippen LogP contribution in [0.3, 0.4) is 0 Å². The Kier molecular flexibility index (Phi) is 7.32. The summed E-state index contributed by atoms with van der Waals surface area (Å²) in [5.41, 5.74) is 6.31. The predicted molar refractivity (Wildman–Crippen MR) is 97.8 cm³/mol. The first-order chi connectivity index (χ1) is 11.7. The maximum atomic E-state index is 12.8. The molecular formula is C18H20ClF3N2O2. The van der Waals surface area contributed by atoms with Crippen LogP contribution in [0.15, 0.2) is 42.5 Å². The van der Waals surface area contributed by atoms with Crippen molar-refractivity contribution < 1.29 is 22.7 Å². The van der Waals surface area contributed by atoms with Gasteiger partial charge in [-0.15, -0.1) is 12.4 Å². The van der Waals surface area contributed by atoms with E-state index in [-0.39, 0.29) is 30.7 Å². The van der Waals surface area contributed by atoms with Gasteiger partial charge in [-0.1, -0.05) is 25.1 Å². The largest absolute Gasteiger partial charge is 0.497 e. The predicted octanol–water partition coefficient (Wildman–Crippen LogP) is 4.85. The summed E-state index contributed by atoms with van der Waals surface area (Å²) in [6.45, 7) is 1.70. The van der Waals surface area contributed by atoms with Crippen molar-refractivity contribution >= 4 is 29.7 Å². The fourth-order valence-electron chi connectivity index (χ4n) is 2.39. The van der Waals surface area contributed by atoms with Crippen LogP contribution in [0.4, 0.5) is 24.5 Å². The van der Waals surface area contributed by atoms with E-state index in [1.807, 2.05) is 0 Å². The van der Waals surface area contributed by atoms with E-state index < -0.39 is 11.7 Å². The van der Waals surface area contributed by atoms with Crippen LogP contribution in [0.25, 0.3) is 0 Å². The molecule has 0 aliphatic carbocycles. The Morgan fingerprint density at radius 2 is 1.92 bits per heavy atom. The average molecular weight is 389 g/mol. The number of nitrogens with one attached hydrogen (secondary N) is 1. The fraction of sp³-hybridized carbons (Fsp3) is 0.278. The summed E-state index contributed by atoms with van der Waals surface area (Å²) in [4.78, 5) is 12.2. The lowest BCUT2D eigenvalue weighted by Gasteiger charge is -2.15. The topological polar surface area (TPSA) is 64.3 Å². The van der Waals surface area contributed by atoms with Crippen molar-refractivity contribution in [2.45, 2.75) is 25.4 Å². The number of hydrogen-bond donors (Lipinski definition) is 2. The fourth-order valence-corrected chi connectivity index (χ4v) is 2.39. The minimum Gasteiger partial charge on any atom is -0.497 e. The molecule has 0 aromatic heterocycles. The highest BCUT2D eigenvalue weighted by atomic mass is 35.5. The van der Waals surface area contributed by atoms with Crippen LogP contribution < -0.4 is 15.8 Å². The number of anilines is 2. The third kappa shape index (κ3) is 5.56. The molecule has 8 heteroatoms. The van der Waals surface area contributed by atoms with Gasteiger partial charge in [0, 0.05) is 12.5 Å². The van der Waals surface area contributed by atoms with E-state index in [2.05, 4.69) is 5.32 Å². The number of carbonyl (C=O) groups is 1. The molecule has 0 radical (unpaired) electrons. The number of methoxy groups -OCH3 is 1. The van der Waals surface area contributed by atoms with Gasteiger partial charge in [-0.2, -0.15) is 13.2 Å². The molecule has 1 amide bonds. The molecule has 26 heavy (non-hydrogen) atoms. The summed E-state index contributed by atoms with van der Waals surface area (Å²) >= 11 is 0. The van der Waals surface area contributed by atoms with Crippen molar-refractivity contribution in [3.8, 4) is 5.75 Å².